The Hall–Kier alpha value is -4.06. The molecule has 1 N–H and O–H groups in total. The van der Waals surface area contributed by atoms with Crippen molar-refractivity contribution in [2.75, 3.05) is 19.0 Å². The molecule has 4 aromatic rings. The Kier molecular flexibility index (Phi) is 6.22. The number of fused-ring (bicyclic) bond motifs is 1. The van der Waals surface area contributed by atoms with Crippen molar-refractivity contribution in [1.82, 2.24) is 0 Å². The third-order valence-electron chi connectivity index (χ3n) is 5.10. The molecular formula is C26H23NO5. The van der Waals surface area contributed by atoms with Crippen LogP contribution in [0.15, 0.2) is 82.0 Å². The number of anilines is 1. The van der Waals surface area contributed by atoms with Gasteiger partial charge in [-0.15, -0.1) is 0 Å². The van der Waals surface area contributed by atoms with Crippen LogP contribution in [0.2, 0.25) is 0 Å². The molecule has 0 radical (unpaired) electrons. The third-order valence-corrected chi connectivity index (χ3v) is 5.10. The molecule has 1 aromatic heterocycles. The molecule has 6 nitrogen and oxygen atoms in total. The summed E-state index contributed by atoms with van der Waals surface area (Å²) >= 11 is 0. The second kappa shape index (κ2) is 9.39. The lowest BCUT2D eigenvalue weighted by Crippen LogP contribution is -2.20. The van der Waals surface area contributed by atoms with Crippen LogP contribution in [0.5, 0.6) is 11.5 Å². The molecule has 0 aliphatic carbocycles. The molecule has 1 heterocycles. The number of carbonyl (C=O) groups excluding carboxylic acids is 1. The fraction of sp³-hybridized carbons (Fsp3) is 0.154. The minimum Gasteiger partial charge on any atom is -0.497 e. The van der Waals surface area contributed by atoms with E-state index in [9.17, 15) is 9.59 Å². The largest absolute Gasteiger partial charge is 0.497 e. The lowest BCUT2D eigenvalue weighted by Gasteiger charge is -2.11. The Morgan fingerprint density at radius 3 is 2.53 bits per heavy atom. The molecule has 32 heavy (non-hydrogen) atoms. The van der Waals surface area contributed by atoms with Crippen LogP contribution in [0.25, 0.3) is 22.3 Å². The second-order valence-corrected chi connectivity index (χ2v) is 7.21. The maximum atomic E-state index is 12.5. The van der Waals surface area contributed by atoms with Crippen molar-refractivity contribution in [3.63, 3.8) is 0 Å². The van der Waals surface area contributed by atoms with Gasteiger partial charge in [0.25, 0.3) is 5.91 Å². The fourth-order valence-corrected chi connectivity index (χ4v) is 3.40. The number of hydrogen-bond acceptors (Lipinski definition) is 5. The van der Waals surface area contributed by atoms with Gasteiger partial charge >= 0.3 is 0 Å². The van der Waals surface area contributed by atoms with E-state index in [0.29, 0.717) is 33.9 Å². The number of methoxy groups -OCH3 is 1. The molecule has 0 aliphatic rings. The van der Waals surface area contributed by atoms with Crippen LogP contribution in [0.3, 0.4) is 0 Å². The first-order valence-corrected chi connectivity index (χ1v) is 10.3. The number of amides is 1. The molecule has 0 saturated heterocycles. The monoisotopic (exact) mass is 429 g/mol. The van der Waals surface area contributed by atoms with Crippen LogP contribution in [-0.2, 0) is 11.2 Å². The molecule has 0 bridgehead atoms. The van der Waals surface area contributed by atoms with Gasteiger partial charge < -0.3 is 19.2 Å². The van der Waals surface area contributed by atoms with E-state index in [1.807, 2.05) is 31.2 Å². The molecule has 0 aliphatic heterocycles. The van der Waals surface area contributed by atoms with Gasteiger partial charge in [-0.3, -0.25) is 9.59 Å². The van der Waals surface area contributed by atoms with Gasteiger partial charge in [-0.25, -0.2) is 0 Å². The molecule has 0 unspecified atom stereocenters. The molecule has 0 spiro atoms. The molecule has 0 saturated carbocycles. The average Bonchev–Trinajstić information content (AvgIpc) is 2.83. The van der Waals surface area contributed by atoms with E-state index in [1.165, 1.54) is 6.07 Å². The molecule has 0 fully saturated rings. The van der Waals surface area contributed by atoms with Crippen molar-refractivity contribution in [1.29, 1.82) is 0 Å². The highest BCUT2D eigenvalue weighted by Crippen LogP contribution is 2.25. The summed E-state index contributed by atoms with van der Waals surface area (Å²) in [7, 11) is 1.55. The van der Waals surface area contributed by atoms with E-state index in [2.05, 4.69) is 5.32 Å². The average molecular weight is 429 g/mol. The van der Waals surface area contributed by atoms with Gasteiger partial charge in [0.1, 0.15) is 22.8 Å². The van der Waals surface area contributed by atoms with Crippen LogP contribution in [0.4, 0.5) is 5.69 Å². The second-order valence-electron chi connectivity index (χ2n) is 7.21. The number of hydrogen-bond donors (Lipinski definition) is 1. The van der Waals surface area contributed by atoms with E-state index in [1.54, 1.807) is 49.6 Å². The molecule has 3 aromatic carbocycles. The van der Waals surface area contributed by atoms with Crippen molar-refractivity contribution in [2.24, 2.45) is 0 Å². The molecule has 1 amide bonds. The lowest BCUT2D eigenvalue weighted by molar-refractivity contribution is -0.118. The Morgan fingerprint density at radius 1 is 1.00 bits per heavy atom. The maximum Gasteiger partial charge on any atom is 0.262 e. The van der Waals surface area contributed by atoms with Gasteiger partial charge in [0.2, 0.25) is 0 Å². The summed E-state index contributed by atoms with van der Waals surface area (Å²) in [5, 5.41) is 3.27. The predicted molar refractivity (Wildman–Crippen MR) is 124 cm³/mol. The smallest absolute Gasteiger partial charge is 0.262 e. The van der Waals surface area contributed by atoms with Crippen LogP contribution in [-0.4, -0.2) is 19.6 Å². The van der Waals surface area contributed by atoms with Crippen LogP contribution < -0.4 is 20.2 Å². The number of benzene rings is 3. The summed E-state index contributed by atoms with van der Waals surface area (Å²) in [6.07, 6.45) is 0.831. The predicted octanol–water partition coefficient (Wildman–Crippen LogP) is 5.05. The minimum absolute atomic E-state index is 0.0816. The number of aryl methyl sites for hydroxylation is 1. The summed E-state index contributed by atoms with van der Waals surface area (Å²) in [4.78, 5) is 24.8. The molecule has 6 heteroatoms. The van der Waals surface area contributed by atoms with Gasteiger partial charge in [-0.1, -0.05) is 25.1 Å². The van der Waals surface area contributed by atoms with Gasteiger partial charge in [0, 0.05) is 17.3 Å². The highest BCUT2D eigenvalue weighted by molar-refractivity contribution is 5.92. The standard InChI is InChI=1S/C26H23NO5/c1-3-17-6-4-5-7-23(17)31-16-26(29)27-19-10-8-18(9-11-19)25-15-22(28)21-14-20(30-2)12-13-24(21)32-25/h4-15H,3,16H2,1-2H3,(H,27,29). The normalized spacial score (nSPS) is 10.7. The van der Waals surface area contributed by atoms with E-state index in [-0.39, 0.29) is 17.9 Å². The number of carbonyl (C=O) groups is 1. The van der Waals surface area contributed by atoms with Gasteiger partial charge in [-0.2, -0.15) is 0 Å². The first kappa shape index (κ1) is 21.2. The molecule has 0 atom stereocenters. The first-order chi connectivity index (χ1) is 15.6. The van der Waals surface area contributed by atoms with E-state index in [4.69, 9.17) is 13.9 Å². The minimum atomic E-state index is -0.255. The quantitative estimate of drug-likeness (QED) is 0.445. The van der Waals surface area contributed by atoms with Crippen LogP contribution in [0, 0.1) is 0 Å². The lowest BCUT2D eigenvalue weighted by atomic mass is 10.1. The topological polar surface area (TPSA) is 77.8 Å². The highest BCUT2D eigenvalue weighted by atomic mass is 16.5. The summed E-state index contributed by atoms with van der Waals surface area (Å²) in [6, 6.07) is 21.3. The van der Waals surface area contributed by atoms with Crippen LogP contribution >= 0.6 is 0 Å². The van der Waals surface area contributed by atoms with Crippen molar-refractivity contribution < 1.29 is 18.7 Å². The Labute approximate surface area is 185 Å². The van der Waals surface area contributed by atoms with E-state index >= 15 is 0 Å². The molecule has 162 valence electrons. The number of ether oxygens (including phenoxy) is 2. The van der Waals surface area contributed by atoms with Crippen LogP contribution in [0.1, 0.15) is 12.5 Å². The number of rotatable bonds is 7. The zero-order valence-electron chi connectivity index (χ0n) is 17.9. The Balaban J connectivity index is 1.45. The number of para-hydroxylation sites is 1. The van der Waals surface area contributed by atoms with Gasteiger partial charge in [0.15, 0.2) is 12.0 Å². The first-order valence-electron chi connectivity index (χ1n) is 10.3. The SMILES string of the molecule is CCc1ccccc1OCC(=O)Nc1ccc(-c2cc(=O)c3cc(OC)ccc3o2)cc1. The zero-order chi connectivity index (χ0) is 22.5. The van der Waals surface area contributed by atoms with E-state index < -0.39 is 0 Å². The third kappa shape index (κ3) is 4.64. The highest BCUT2D eigenvalue weighted by Gasteiger charge is 2.10. The summed E-state index contributed by atoms with van der Waals surface area (Å²) in [5.74, 6) is 1.50. The Bertz CT molecular complexity index is 1310. The van der Waals surface area contributed by atoms with Gasteiger partial charge in [-0.05, 0) is 60.5 Å². The number of nitrogens with one attached hydrogen (secondary N) is 1. The maximum absolute atomic E-state index is 12.5. The van der Waals surface area contributed by atoms with Crippen molar-refractivity contribution in [2.45, 2.75) is 13.3 Å². The molecular weight excluding hydrogens is 406 g/mol. The Morgan fingerprint density at radius 2 is 1.78 bits per heavy atom. The molecule has 4 rings (SSSR count). The summed E-state index contributed by atoms with van der Waals surface area (Å²) in [5.41, 5.74) is 2.74. The summed E-state index contributed by atoms with van der Waals surface area (Å²) in [6.45, 7) is 1.96. The van der Waals surface area contributed by atoms with E-state index in [0.717, 1.165) is 17.5 Å². The van der Waals surface area contributed by atoms with Crippen molar-refractivity contribution in [3.05, 3.63) is 88.6 Å². The fourth-order valence-electron chi connectivity index (χ4n) is 3.40. The summed E-state index contributed by atoms with van der Waals surface area (Å²) < 4.78 is 16.7. The van der Waals surface area contributed by atoms with Crippen molar-refractivity contribution >= 4 is 22.6 Å². The van der Waals surface area contributed by atoms with Crippen molar-refractivity contribution in [3.8, 4) is 22.8 Å². The van der Waals surface area contributed by atoms with Gasteiger partial charge in [0.05, 0.1) is 12.5 Å². The zero-order valence-corrected chi connectivity index (χ0v) is 17.9.